The Hall–Kier alpha value is -1.72. The summed E-state index contributed by atoms with van der Waals surface area (Å²) in [6.07, 6.45) is 0. The average Bonchev–Trinajstić information content (AvgIpc) is 2.47. The van der Waals surface area contributed by atoms with E-state index < -0.39 is 10.1 Å². The Kier molecular flexibility index (Phi) is 4.75. The first-order valence-electron chi connectivity index (χ1n) is 6.20. The number of hydrogen-bond acceptors (Lipinski definition) is 4. The largest absolute Gasteiger partial charge is 0.493 e. The molecule has 0 saturated heterocycles. The fourth-order valence-corrected chi connectivity index (χ4v) is 2.84. The molecular formula is C15H15ClO4S. The summed E-state index contributed by atoms with van der Waals surface area (Å²) in [5.74, 6) is 0.709. The average molecular weight is 327 g/mol. The van der Waals surface area contributed by atoms with Gasteiger partial charge in [-0.2, -0.15) is 8.42 Å². The summed E-state index contributed by atoms with van der Waals surface area (Å²) in [6.45, 7) is 1.88. The van der Waals surface area contributed by atoms with E-state index in [4.69, 9.17) is 20.5 Å². The van der Waals surface area contributed by atoms with Crippen molar-refractivity contribution in [3.63, 3.8) is 0 Å². The van der Waals surface area contributed by atoms with Gasteiger partial charge in [-0.05, 0) is 36.8 Å². The van der Waals surface area contributed by atoms with Crippen LogP contribution in [0, 0.1) is 6.92 Å². The molecule has 0 unspecified atom stereocenters. The summed E-state index contributed by atoms with van der Waals surface area (Å²) in [6, 6.07) is 11.4. The summed E-state index contributed by atoms with van der Waals surface area (Å²) in [4.78, 5) is 0.0893. The van der Waals surface area contributed by atoms with Gasteiger partial charge in [-0.1, -0.05) is 23.8 Å². The summed E-state index contributed by atoms with van der Waals surface area (Å²) in [5, 5.41) is 0. The normalized spacial score (nSPS) is 11.2. The topological polar surface area (TPSA) is 52.6 Å². The molecule has 21 heavy (non-hydrogen) atoms. The van der Waals surface area contributed by atoms with Gasteiger partial charge in [-0.25, -0.2) is 0 Å². The van der Waals surface area contributed by atoms with Crippen LogP contribution in [-0.2, 0) is 16.0 Å². The molecular weight excluding hydrogens is 312 g/mol. The van der Waals surface area contributed by atoms with Crippen LogP contribution >= 0.6 is 11.6 Å². The second-order valence-corrected chi connectivity index (χ2v) is 6.28. The molecule has 0 bridgehead atoms. The SMILES string of the molecule is COc1ccc(CCl)cc1OS(=O)(=O)c1ccc(C)cc1. The molecule has 0 radical (unpaired) electrons. The van der Waals surface area contributed by atoms with Crippen molar-refractivity contribution in [2.24, 2.45) is 0 Å². The Morgan fingerprint density at radius 2 is 1.71 bits per heavy atom. The van der Waals surface area contributed by atoms with E-state index in [1.165, 1.54) is 19.2 Å². The van der Waals surface area contributed by atoms with Crippen LogP contribution < -0.4 is 8.92 Å². The van der Waals surface area contributed by atoms with Crippen molar-refractivity contribution in [1.29, 1.82) is 0 Å². The van der Waals surface area contributed by atoms with Crippen molar-refractivity contribution in [3.05, 3.63) is 53.6 Å². The standard InChI is InChI=1S/C15H15ClO4S/c1-11-3-6-13(7-4-11)21(17,18)20-15-9-12(10-16)5-8-14(15)19-2/h3-9H,10H2,1-2H3. The van der Waals surface area contributed by atoms with Crippen LogP contribution in [0.15, 0.2) is 47.4 Å². The minimum atomic E-state index is -3.91. The van der Waals surface area contributed by atoms with Crippen molar-refractivity contribution in [2.75, 3.05) is 7.11 Å². The minimum Gasteiger partial charge on any atom is -0.493 e. The number of hydrogen-bond donors (Lipinski definition) is 0. The highest BCUT2D eigenvalue weighted by atomic mass is 35.5. The molecule has 0 aliphatic heterocycles. The maximum Gasteiger partial charge on any atom is 0.339 e. The zero-order chi connectivity index (χ0) is 15.5. The Balaban J connectivity index is 2.38. The molecule has 4 nitrogen and oxygen atoms in total. The van der Waals surface area contributed by atoms with E-state index in [-0.39, 0.29) is 16.5 Å². The zero-order valence-electron chi connectivity index (χ0n) is 11.7. The molecule has 2 aromatic rings. The molecule has 0 aliphatic rings. The van der Waals surface area contributed by atoms with Crippen molar-refractivity contribution in [1.82, 2.24) is 0 Å². The van der Waals surface area contributed by atoms with Crippen LogP contribution in [0.5, 0.6) is 11.5 Å². The molecule has 0 atom stereocenters. The fraction of sp³-hybridized carbons (Fsp3) is 0.200. The molecule has 0 aliphatic carbocycles. The molecule has 0 saturated carbocycles. The van der Waals surface area contributed by atoms with E-state index in [2.05, 4.69) is 0 Å². The quantitative estimate of drug-likeness (QED) is 0.623. The lowest BCUT2D eigenvalue weighted by Crippen LogP contribution is -2.10. The zero-order valence-corrected chi connectivity index (χ0v) is 13.2. The van der Waals surface area contributed by atoms with Crippen molar-refractivity contribution < 1.29 is 17.3 Å². The van der Waals surface area contributed by atoms with Gasteiger partial charge in [0.1, 0.15) is 4.90 Å². The van der Waals surface area contributed by atoms with E-state index in [0.717, 1.165) is 11.1 Å². The molecule has 2 rings (SSSR count). The highest BCUT2D eigenvalue weighted by Gasteiger charge is 2.19. The number of aryl methyl sites for hydroxylation is 1. The number of rotatable bonds is 5. The van der Waals surface area contributed by atoms with Gasteiger partial charge in [0, 0.05) is 5.88 Å². The first-order valence-corrected chi connectivity index (χ1v) is 8.14. The Morgan fingerprint density at radius 3 is 2.29 bits per heavy atom. The van der Waals surface area contributed by atoms with Gasteiger partial charge in [-0.15, -0.1) is 11.6 Å². The summed E-state index contributed by atoms with van der Waals surface area (Å²) in [5.41, 5.74) is 1.71. The predicted octanol–water partition coefficient (Wildman–Crippen LogP) is 3.51. The van der Waals surface area contributed by atoms with Gasteiger partial charge in [0.2, 0.25) is 0 Å². The second kappa shape index (κ2) is 6.37. The third-order valence-electron chi connectivity index (χ3n) is 2.89. The number of methoxy groups -OCH3 is 1. The van der Waals surface area contributed by atoms with Crippen molar-refractivity contribution in [3.8, 4) is 11.5 Å². The molecule has 6 heteroatoms. The van der Waals surface area contributed by atoms with Crippen molar-refractivity contribution >= 4 is 21.7 Å². The molecule has 0 N–H and O–H groups in total. The molecule has 112 valence electrons. The van der Waals surface area contributed by atoms with Gasteiger partial charge in [0.25, 0.3) is 0 Å². The van der Waals surface area contributed by atoms with Crippen LogP contribution in [0.4, 0.5) is 0 Å². The van der Waals surface area contributed by atoms with E-state index in [1.54, 1.807) is 30.3 Å². The molecule has 0 fully saturated rings. The van der Waals surface area contributed by atoms with Crippen LogP contribution in [0.1, 0.15) is 11.1 Å². The molecule has 0 heterocycles. The number of halogens is 1. The second-order valence-electron chi connectivity index (χ2n) is 4.47. The van der Waals surface area contributed by atoms with Crippen molar-refractivity contribution in [2.45, 2.75) is 17.7 Å². The summed E-state index contributed by atoms with van der Waals surface area (Å²) in [7, 11) is -2.47. The highest BCUT2D eigenvalue weighted by molar-refractivity contribution is 7.87. The van der Waals surface area contributed by atoms with Gasteiger partial charge in [0.15, 0.2) is 11.5 Å². The third-order valence-corrected chi connectivity index (χ3v) is 4.45. The Bertz CT molecular complexity index is 724. The highest BCUT2D eigenvalue weighted by Crippen LogP contribution is 2.31. The molecule has 0 amide bonds. The summed E-state index contributed by atoms with van der Waals surface area (Å²) < 4.78 is 34.8. The lowest BCUT2D eigenvalue weighted by atomic mass is 10.2. The maximum absolute atomic E-state index is 12.3. The van der Waals surface area contributed by atoms with Gasteiger partial charge in [0.05, 0.1) is 7.11 Å². The molecule has 2 aromatic carbocycles. The Labute approximate surface area is 129 Å². The Morgan fingerprint density at radius 1 is 1.05 bits per heavy atom. The van der Waals surface area contributed by atoms with Gasteiger partial charge >= 0.3 is 10.1 Å². The third kappa shape index (κ3) is 3.68. The molecule has 0 aromatic heterocycles. The number of ether oxygens (including phenoxy) is 1. The van der Waals surface area contributed by atoms with Gasteiger partial charge in [-0.3, -0.25) is 0 Å². The van der Waals surface area contributed by atoms with E-state index in [9.17, 15) is 8.42 Å². The van der Waals surface area contributed by atoms with Gasteiger partial charge < -0.3 is 8.92 Å². The van der Waals surface area contributed by atoms with Crippen LogP contribution in [-0.4, -0.2) is 15.5 Å². The lowest BCUT2D eigenvalue weighted by Gasteiger charge is -2.11. The van der Waals surface area contributed by atoms with Crippen LogP contribution in [0.25, 0.3) is 0 Å². The van der Waals surface area contributed by atoms with E-state index in [0.29, 0.717) is 5.75 Å². The van der Waals surface area contributed by atoms with E-state index in [1.807, 2.05) is 6.92 Å². The van der Waals surface area contributed by atoms with Crippen LogP contribution in [0.3, 0.4) is 0 Å². The minimum absolute atomic E-state index is 0.0893. The first-order chi connectivity index (χ1) is 9.96. The smallest absolute Gasteiger partial charge is 0.339 e. The predicted molar refractivity (Wildman–Crippen MR) is 81.5 cm³/mol. The first kappa shape index (κ1) is 15.7. The molecule has 0 spiro atoms. The number of alkyl halides is 1. The van der Waals surface area contributed by atoms with E-state index >= 15 is 0 Å². The fourth-order valence-electron chi connectivity index (χ4n) is 1.74. The van der Waals surface area contributed by atoms with Crippen LogP contribution in [0.2, 0.25) is 0 Å². The monoisotopic (exact) mass is 326 g/mol. The summed E-state index contributed by atoms with van der Waals surface area (Å²) >= 11 is 5.75. The maximum atomic E-state index is 12.3. The number of benzene rings is 2. The lowest BCUT2D eigenvalue weighted by molar-refractivity contribution is 0.390.